The van der Waals surface area contributed by atoms with E-state index in [-0.39, 0.29) is 0 Å². The van der Waals surface area contributed by atoms with E-state index in [0.717, 1.165) is 18.1 Å². The Hall–Kier alpha value is -1.81. The van der Waals surface area contributed by atoms with Crippen molar-refractivity contribution in [3.05, 3.63) is 47.8 Å². The van der Waals surface area contributed by atoms with Crippen LogP contribution in [0.5, 0.6) is 0 Å². The van der Waals surface area contributed by atoms with Gasteiger partial charge in [0.25, 0.3) is 0 Å². The predicted molar refractivity (Wildman–Crippen MR) is 64.9 cm³/mol. The lowest BCUT2D eigenvalue weighted by atomic mass is 10.1. The molecular formula is C12H16N4. The fraction of sp³-hybridized carbons (Fsp3) is 0.250. The van der Waals surface area contributed by atoms with E-state index in [1.165, 1.54) is 5.56 Å². The maximum Gasteiger partial charge on any atom is 0.202 e. The van der Waals surface area contributed by atoms with Crippen molar-refractivity contribution >= 4 is 5.95 Å². The van der Waals surface area contributed by atoms with Crippen molar-refractivity contribution in [3.63, 3.8) is 0 Å². The number of nitrogens with zero attached hydrogens (tertiary/aromatic N) is 2. The number of rotatable bonds is 4. The maximum absolute atomic E-state index is 5.60. The number of anilines is 1. The first kappa shape index (κ1) is 10.7. The molecule has 1 aromatic carbocycles. The Kier molecular flexibility index (Phi) is 3.22. The van der Waals surface area contributed by atoms with Crippen LogP contribution in [-0.4, -0.2) is 9.55 Å². The third-order valence-corrected chi connectivity index (χ3v) is 2.50. The fourth-order valence-corrected chi connectivity index (χ4v) is 1.58. The minimum absolute atomic E-state index is 0.580. The third kappa shape index (κ3) is 2.41. The first-order valence-corrected chi connectivity index (χ1v) is 5.28. The van der Waals surface area contributed by atoms with Crippen molar-refractivity contribution in [2.75, 3.05) is 5.32 Å². The Morgan fingerprint density at radius 2 is 2.19 bits per heavy atom. The van der Waals surface area contributed by atoms with Gasteiger partial charge in [-0.3, -0.25) is 0 Å². The topological polar surface area (TPSA) is 55.9 Å². The molecule has 16 heavy (non-hydrogen) atoms. The van der Waals surface area contributed by atoms with E-state index in [4.69, 9.17) is 5.73 Å². The van der Waals surface area contributed by atoms with Gasteiger partial charge in [-0.1, -0.05) is 24.3 Å². The molecule has 0 unspecified atom stereocenters. The van der Waals surface area contributed by atoms with Crippen LogP contribution in [0.15, 0.2) is 36.7 Å². The molecule has 4 heteroatoms. The Bertz CT molecular complexity index is 462. The van der Waals surface area contributed by atoms with Crippen LogP contribution in [0.2, 0.25) is 0 Å². The van der Waals surface area contributed by atoms with E-state index in [1.54, 1.807) is 6.20 Å². The fourth-order valence-electron chi connectivity index (χ4n) is 1.58. The van der Waals surface area contributed by atoms with Crippen LogP contribution in [0.4, 0.5) is 5.95 Å². The maximum atomic E-state index is 5.60. The molecule has 0 amide bonds. The molecular weight excluding hydrogens is 200 g/mol. The molecule has 0 aliphatic heterocycles. The molecule has 0 saturated carbocycles. The summed E-state index contributed by atoms with van der Waals surface area (Å²) in [6.07, 6.45) is 3.69. The molecule has 84 valence electrons. The van der Waals surface area contributed by atoms with Crippen molar-refractivity contribution in [1.29, 1.82) is 0 Å². The smallest absolute Gasteiger partial charge is 0.202 e. The molecule has 2 rings (SSSR count). The molecule has 0 bridgehead atoms. The zero-order valence-electron chi connectivity index (χ0n) is 9.35. The van der Waals surface area contributed by atoms with Crippen LogP contribution in [-0.2, 0) is 20.1 Å². The first-order chi connectivity index (χ1) is 7.79. The second-order valence-corrected chi connectivity index (χ2v) is 3.74. The Labute approximate surface area is 95.1 Å². The normalized spacial score (nSPS) is 10.4. The highest BCUT2D eigenvalue weighted by molar-refractivity contribution is 5.30. The van der Waals surface area contributed by atoms with E-state index < -0.39 is 0 Å². The number of nitrogens with one attached hydrogen (secondary N) is 1. The second-order valence-electron chi connectivity index (χ2n) is 3.74. The van der Waals surface area contributed by atoms with Crippen LogP contribution in [0, 0.1) is 0 Å². The largest absolute Gasteiger partial charge is 0.352 e. The molecule has 0 saturated heterocycles. The van der Waals surface area contributed by atoms with Crippen LogP contribution < -0.4 is 11.1 Å². The minimum Gasteiger partial charge on any atom is -0.352 e. The van der Waals surface area contributed by atoms with Crippen molar-refractivity contribution in [2.24, 2.45) is 12.8 Å². The monoisotopic (exact) mass is 216 g/mol. The summed E-state index contributed by atoms with van der Waals surface area (Å²) in [6.45, 7) is 1.34. The summed E-state index contributed by atoms with van der Waals surface area (Å²) in [5, 5.41) is 3.27. The van der Waals surface area contributed by atoms with Gasteiger partial charge in [0.1, 0.15) is 0 Å². The number of hydrogen-bond donors (Lipinski definition) is 2. The van der Waals surface area contributed by atoms with Crippen molar-refractivity contribution in [1.82, 2.24) is 9.55 Å². The lowest BCUT2D eigenvalue weighted by Crippen LogP contribution is -2.05. The van der Waals surface area contributed by atoms with Gasteiger partial charge in [-0.2, -0.15) is 0 Å². The molecule has 4 nitrogen and oxygen atoms in total. The quantitative estimate of drug-likeness (QED) is 0.814. The SMILES string of the molecule is Cn1ccnc1NCc1cccc(CN)c1. The van der Waals surface area contributed by atoms with E-state index in [0.29, 0.717) is 6.54 Å². The van der Waals surface area contributed by atoms with Gasteiger partial charge in [0.15, 0.2) is 0 Å². The molecule has 0 aliphatic rings. The lowest BCUT2D eigenvalue weighted by molar-refractivity contribution is 0.899. The minimum atomic E-state index is 0.580. The Morgan fingerprint density at radius 1 is 1.38 bits per heavy atom. The predicted octanol–water partition coefficient (Wildman–Crippen LogP) is 1.49. The van der Waals surface area contributed by atoms with Crippen molar-refractivity contribution in [3.8, 4) is 0 Å². The lowest BCUT2D eigenvalue weighted by Gasteiger charge is -2.07. The number of aryl methyl sites for hydroxylation is 1. The Balaban J connectivity index is 2.02. The van der Waals surface area contributed by atoms with Gasteiger partial charge in [0.2, 0.25) is 5.95 Å². The zero-order valence-corrected chi connectivity index (χ0v) is 9.35. The van der Waals surface area contributed by atoms with Gasteiger partial charge in [0, 0.05) is 32.5 Å². The molecule has 0 atom stereocenters. The highest BCUT2D eigenvalue weighted by atomic mass is 15.2. The standard InChI is InChI=1S/C12H16N4/c1-16-6-5-14-12(16)15-9-11-4-2-3-10(7-11)8-13/h2-7H,8-9,13H2,1H3,(H,14,15). The molecule has 1 heterocycles. The van der Waals surface area contributed by atoms with Crippen molar-refractivity contribution in [2.45, 2.75) is 13.1 Å². The van der Waals surface area contributed by atoms with Gasteiger partial charge >= 0.3 is 0 Å². The first-order valence-electron chi connectivity index (χ1n) is 5.28. The summed E-state index contributed by atoms with van der Waals surface area (Å²) in [6, 6.07) is 8.24. The van der Waals surface area contributed by atoms with Gasteiger partial charge < -0.3 is 15.6 Å². The van der Waals surface area contributed by atoms with Crippen LogP contribution in [0.3, 0.4) is 0 Å². The second kappa shape index (κ2) is 4.81. The van der Waals surface area contributed by atoms with Gasteiger partial charge in [-0.15, -0.1) is 0 Å². The summed E-state index contributed by atoms with van der Waals surface area (Å²) in [5.74, 6) is 0.873. The molecule has 0 spiro atoms. The third-order valence-electron chi connectivity index (χ3n) is 2.50. The van der Waals surface area contributed by atoms with E-state index >= 15 is 0 Å². The number of benzene rings is 1. The molecule has 0 radical (unpaired) electrons. The average Bonchev–Trinajstić information content (AvgIpc) is 2.72. The Morgan fingerprint density at radius 3 is 2.88 bits per heavy atom. The van der Waals surface area contributed by atoms with Crippen LogP contribution >= 0.6 is 0 Å². The summed E-state index contributed by atoms with van der Waals surface area (Å²) in [7, 11) is 1.96. The number of imidazole rings is 1. The average molecular weight is 216 g/mol. The van der Waals surface area contributed by atoms with Crippen molar-refractivity contribution < 1.29 is 0 Å². The van der Waals surface area contributed by atoms with E-state index in [9.17, 15) is 0 Å². The molecule has 3 N–H and O–H groups in total. The highest BCUT2D eigenvalue weighted by Crippen LogP contribution is 2.08. The molecule has 2 aromatic rings. The summed E-state index contributed by atoms with van der Waals surface area (Å²) in [5.41, 5.74) is 7.96. The highest BCUT2D eigenvalue weighted by Gasteiger charge is 1.98. The van der Waals surface area contributed by atoms with Crippen LogP contribution in [0.25, 0.3) is 0 Å². The van der Waals surface area contributed by atoms with Gasteiger partial charge in [0.05, 0.1) is 0 Å². The number of nitrogens with two attached hydrogens (primary N) is 1. The summed E-state index contributed by atoms with van der Waals surface area (Å²) >= 11 is 0. The molecule has 0 aliphatic carbocycles. The summed E-state index contributed by atoms with van der Waals surface area (Å²) < 4.78 is 1.95. The molecule has 0 fully saturated rings. The van der Waals surface area contributed by atoms with Crippen LogP contribution in [0.1, 0.15) is 11.1 Å². The molecule has 1 aromatic heterocycles. The van der Waals surface area contributed by atoms with Gasteiger partial charge in [-0.25, -0.2) is 4.98 Å². The summed E-state index contributed by atoms with van der Waals surface area (Å²) in [4.78, 5) is 4.20. The zero-order chi connectivity index (χ0) is 11.4. The number of aromatic nitrogens is 2. The van der Waals surface area contributed by atoms with E-state index in [2.05, 4.69) is 22.4 Å². The number of hydrogen-bond acceptors (Lipinski definition) is 3. The van der Waals surface area contributed by atoms with Gasteiger partial charge in [-0.05, 0) is 11.1 Å². The van der Waals surface area contributed by atoms with E-state index in [1.807, 2.05) is 29.9 Å².